The van der Waals surface area contributed by atoms with Gasteiger partial charge < -0.3 is 14.2 Å². The number of nitriles is 1. The van der Waals surface area contributed by atoms with Crippen molar-refractivity contribution in [2.45, 2.75) is 4.34 Å². The van der Waals surface area contributed by atoms with Crippen LogP contribution in [0.3, 0.4) is 0 Å². The Morgan fingerprint density at radius 1 is 1.06 bits per heavy atom. The van der Waals surface area contributed by atoms with E-state index in [1.54, 1.807) is 24.3 Å². The number of methoxy groups -OCH3 is 2. The number of ether oxygens (including phenoxy) is 3. The molecule has 0 aliphatic rings. The second-order valence-corrected chi connectivity index (χ2v) is 9.96. The third-order valence-corrected chi connectivity index (χ3v) is 6.84. The minimum Gasteiger partial charge on any atom is -0.493 e. The Hall–Kier alpha value is -4.28. The third-order valence-electron chi connectivity index (χ3n) is 4.33. The van der Waals surface area contributed by atoms with E-state index in [0.717, 1.165) is 6.26 Å². The normalized spacial score (nSPS) is 11.3. The first-order valence-corrected chi connectivity index (χ1v) is 12.4. The van der Waals surface area contributed by atoms with Gasteiger partial charge in [-0.2, -0.15) is 5.26 Å². The van der Waals surface area contributed by atoms with Crippen LogP contribution in [0, 0.1) is 11.3 Å². The van der Waals surface area contributed by atoms with Crippen LogP contribution < -0.4 is 19.5 Å². The summed E-state index contributed by atoms with van der Waals surface area (Å²) < 4.78 is 38.4. The lowest BCUT2D eigenvalue weighted by molar-refractivity contribution is -0.112. The minimum atomic E-state index is -3.56. The van der Waals surface area contributed by atoms with Crippen molar-refractivity contribution in [1.82, 2.24) is 10.2 Å². The molecule has 11 nitrogen and oxygen atoms in total. The quantitative estimate of drug-likeness (QED) is 0.156. The molecule has 0 saturated heterocycles. The van der Waals surface area contributed by atoms with E-state index >= 15 is 0 Å². The molecule has 1 amide bonds. The number of rotatable bonds is 8. The molecule has 2 aromatic carbocycles. The van der Waals surface area contributed by atoms with E-state index in [0.29, 0.717) is 28.4 Å². The second kappa shape index (κ2) is 10.8. The zero-order valence-electron chi connectivity index (χ0n) is 18.6. The number of hydrogen-bond donors (Lipinski definition) is 1. The van der Waals surface area contributed by atoms with Crippen LogP contribution in [0.1, 0.15) is 15.9 Å². The monoisotopic (exact) mass is 514 g/mol. The summed E-state index contributed by atoms with van der Waals surface area (Å²) in [5.41, 5.74) is 0.485. The maximum absolute atomic E-state index is 12.4. The van der Waals surface area contributed by atoms with Gasteiger partial charge in [-0.25, -0.2) is 13.2 Å². The number of esters is 1. The van der Waals surface area contributed by atoms with Crippen molar-refractivity contribution in [2.75, 3.05) is 25.8 Å². The molecule has 1 aromatic heterocycles. The van der Waals surface area contributed by atoms with E-state index in [9.17, 15) is 23.3 Å². The van der Waals surface area contributed by atoms with E-state index in [-0.39, 0.29) is 26.4 Å². The molecule has 0 aliphatic heterocycles. The van der Waals surface area contributed by atoms with Crippen molar-refractivity contribution in [3.05, 3.63) is 59.2 Å². The number of carbonyl (C=O) groups is 2. The molecule has 35 heavy (non-hydrogen) atoms. The molecule has 3 aromatic rings. The van der Waals surface area contributed by atoms with Gasteiger partial charge in [-0.15, -0.1) is 10.2 Å². The van der Waals surface area contributed by atoms with Crippen LogP contribution in [-0.2, 0) is 14.6 Å². The predicted molar refractivity (Wildman–Crippen MR) is 126 cm³/mol. The summed E-state index contributed by atoms with van der Waals surface area (Å²) in [5.74, 6) is -0.304. The van der Waals surface area contributed by atoms with Crippen molar-refractivity contribution >= 4 is 44.3 Å². The summed E-state index contributed by atoms with van der Waals surface area (Å²) in [6, 6.07) is 12.5. The Kier molecular flexibility index (Phi) is 7.80. The van der Waals surface area contributed by atoms with Crippen LogP contribution in [0.5, 0.6) is 17.2 Å². The van der Waals surface area contributed by atoms with Crippen LogP contribution in [0.2, 0.25) is 0 Å². The molecule has 0 unspecified atom stereocenters. The van der Waals surface area contributed by atoms with Crippen LogP contribution in [0.15, 0.2) is 52.4 Å². The molecule has 3 rings (SSSR count). The summed E-state index contributed by atoms with van der Waals surface area (Å²) in [7, 11) is -0.625. The Balaban J connectivity index is 1.69. The highest BCUT2D eigenvalue weighted by Gasteiger charge is 2.18. The molecular formula is C22H18N4O7S2. The summed E-state index contributed by atoms with van der Waals surface area (Å²) in [6.45, 7) is 0. The maximum atomic E-state index is 12.4. The van der Waals surface area contributed by atoms with Crippen molar-refractivity contribution in [2.24, 2.45) is 0 Å². The molecule has 0 fully saturated rings. The molecule has 0 atom stereocenters. The number of nitrogens with one attached hydrogen (secondary N) is 1. The average Bonchev–Trinajstić information content (AvgIpc) is 3.32. The first kappa shape index (κ1) is 25.3. The van der Waals surface area contributed by atoms with Gasteiger partial charge in [0, 0.05) is 6.26 Å². The Labute approximate surface area is 204 Å². The van der Waals surface area contributed by atoms with Crippen LogP contribution in [0.4, 0.5) is 5.13 Å². The second-order valence-electron chi connectivity index (χ2n) is 6.80. The Bertz CT molecular complexity index is 1440. The van der Waals surface area contributed by atoms with Gasteiger partial charge in [0.1, 0.15) is 17.4 Å². The van der Waals surface area contributed by atoms with Gasteiger partial charge in [0.2, 0.25) is 19.3 Å². The molecule has 0 aliphatic carbocycles. The number of hydrogen-bond acceptors (Lipinski definition) is 11. The van der Waals surface area contributed by atoms with E-state index in [1.807, 2.05) is 0 Å². The minimum absolute atomic E-state index is 0.0611. The summed E-state index contributed by atoms with van der Waals surface area (Å²) >= 11 is 0.670. The molecule has 0 spiro atoms. The lowest BCUT2D eigenvalue weighted by Gasteiger charge is -2.09. The zero-order chi connectivity index (χ0) is 25.6. The smallest absolute Gasteiger partial charge is 0.343 e. The van der Waals surface area contributed by atoms with Crippen LogP contribution in [0.25, 0.3) is 6.08 Å². The van der Waals surface area contributed by atoms with Crippen molar-refractivity contribution in [1.29, 1.82) is 5.26 Å². The molecule has 0 saturated carbocycles. The topological polar surface area (TPSA) is 158 Å². The number of carbonyl (C=O) groups excluding carboxylic acids is 2. The molecule has 13 heteroatoms. The van der Waals surface area contributed by atoms with Crippen molar-refractivity contribution in [3.8, 4) is 23.3 Å². The first-order chi connectivity index (χ1) is 16.6. The number of nitrogens with zero attached hydrogens (tertiary/aromatic N) is 3. The van der Waals surface area contributed by atoms with Gasteiger partial charge in [0.25, 0.3) is 5.91 Å². The van der Waals surface area contributed by atoms with Gasteiger partial charge in [0.05, 0.1) is 19.8 Å². The molecular weight excluding hydrogens is 496 g/mol. The Morgan fingerprint density at radius 2 is 1.74 bits per heavy atom. The highest BCUT2D eigenvalue weighted by Crippen LogP contribution is 2.28. The van der Waals surface area contributed by atoms with Crippen LogP contribution in [-0.4, -0.2) is 51.0 Å². The zero-order valence-corrected chi connectivity index (χ0v) is 20.3. The molecule has 0 bridgehead atoms. The van der Waals surface area contributed by atoms with Gasteiger partial charge >= 0.3 is 5.97 Å². The van der Waals surface area contributed by atoms with Crippen molar-refractivity contribution in [3.63, 3.8) is 0 Å². The average molecular weight is 515 g/mol. The first-order valence-electron chi connectivity index (χ1n) is 9.65. The molecule has 180 valence electrons. The summed E-state index contributed by atoms with van der Waals surface area (Å²) in [5, 5.41) is 18.7. The number of aromatic nitrogens is 2. The van der Waals surface area contributed by atoms with E-state index < -0.39 is 21.7 Å². The summed E-state index contributed by atoms with van der Waals surface area (Å²) in [4.78, 5) is 24.8. The fourth-order valence-corrected chi connectivity index (χ4v) is 4.15. The van der Waals surface area contributed by atoms with E-state index in [2.05, 4.69) is 15.5 Å². The third kappa shape index (κ3) is 6.40. The Morgan fingerprint density at radius 3 is 2.31 bits per heavy atom. The molecule has 1 heterocycles. The van der Waals surface area contributed by atoms with Gasteiger partial charge in [-0.05, 0) is 42.0 Å². The largest absolute Gasteiger partial charge is 0.493 e. The van der Waals surface area contributed by atoms with Crippen LogP contribution >= 0.6 is 11.3 Å². The van der Waals surface area contributed by atoms with Gasteiger partial charge in [-0.3, -0.25) is 10.1 Å². The van der Waals surface area contributed by atoms with Crippen molar-refractivity contribution < 1.29 is 32.2 Å². The van der Waals surface area contributed by atoms with Gasteiger partial charge in [-0.1, -0.05) is 23.5 Å². The SMILES string of the molecule is COc1ccc(C(=O)Oc2ccc(/C=C(/C#N)C(=O)Nc3nnc(S(C)(=O)=O)s3)cc2)cc1OC. The van der Waals surface area contributed by atoms with E-state index in [4.69, 9.17) is 14.2 Å². The fraction of sp³-hybridized carbons (Fsp3) is 0.136. The lowest BCUT2D eigenvalue weighted by atomic mass is 10.1. The number of amides is 1. The highest BCUT2D eigenvalue weighted by molar-refractivity contribution is 7.92. The van der Waals surface area contributed by atoms with E-state index in [1.165, 1.54) is 44.6 Å². The number of benzene rings is 2. The predicted octanol–water partition coefficient (Wildman–Crippen LogP) is 2.72. The standard InChI is InChI=1S/C22H18N4O7S2/c1-31-17-9-6-14(11-18(17)32-2)20(28)33-16-7-4-13(5-8-16)10-15(12-23)19(27)24-21-25-26-22(34-21)35(3,29)30/h4-11H,1-3H3,(H,24,25,27)/b15-10-. The van der Waals surface area contributed by atoms with Gasteiger partial charge in [0.15, 0.2) is 11.5 Å². The highest BCUT2D eigenvalue weighted by atomic mass is 32.2. The maximum Gasteiger partial charge on any atom is 0.343 e. The molecule has 0 radical (unpaired) electrons. The summed E-state index contributed by atoms with van der Waals surface area (Å²) in [6.07, 6.45) is 2.28. The number of sulfone groups is 1. The lowest BCUT2D eigenvalue weighted by Crippen LogP contribution is -2.13. The molecule has 1 N–H and O–H groups in total. The fourth-order valence-electron chi connectivity index (χ4n) is 2.65. The number of anilines is 1.